The highest BCUT2D eigenvalue weighted by molar-refractivity contribution is 5.13. The molecule has 0 aliphatic carbocycles. The Labute approximate surface area is 100 Å². The first kappa shape index (κ1) is 13.7. The Bertz CT molecular complexity index is 378. The smallest absolute Gasteiger partial charge is 0.270 e. The third-order valence-corrected chi connectivity index (χ3v) is 2.24. The van der Waals surface area contributed by atoms with Gasteiger partial charge in [-0.3, -0.25) is 4.79 Å². The van der Waals surface area contributed by atoms with Crippen LogP contribution < -0.4 is 16.0 Å². The van der Waals surface area contributed by atoms with Gasteiger partial charge in [0.25, 0.3) is 5.56 Å². The van der Waals surface area contributed by atoms with Gasteiger partial charge in [-0.1, -0.05) is 0 Å². The highest BCUT2D eigenvalue weighted by atomic mass is 16.5. The van der Waals surface area contributed by atoms with Crippen molar-refractivity contribution >= 4 is 0 Å². The summed E-state index contributed by atoms with van der Waals surface area (Å²) in [5, 5.41) is 12.6. The Morgan fingerprint density at radius 1 is 1.41 bits per heavy atom. The first-order valence-electron chi connectivity index (χ1n) is 5.79. The summed E-state index contributed by atoms with van der Waals surface area (Å²) in [7, 11) is 0. The first-order chi connectivity index (χ1) is 8.27. The maximum Gasteiger partial charge on any atom is 0.270 e. The highest BCUT2D eigenvalue weighted by Crippen LogP contribution is 2.04. The second kappa shape index (κ2) is 7.81. The summed E-state index contributed by atoms with van der Waals surface area (Å²) in [6.45, 7) is 1.70. The van der Waals surface area contributed by atoms with E-state index in [0.717, 1.165) is 12.8 Å². The van der Waals surface area contributed by atoms with Gasteiger partial charge in [0.1, 0.15) is 5.75 Å². The minimum Gasteiger partial charge on any atom is -0.492 e. The predicted octanol–water partition coefficient (Wildman–Crippen LogP) is -0.257. The molecule has 3 N–H and O–H groups in total. The lowest BCUT2D eigenvalue weighted by Crippen LogP contribution is -2.22. The van der Waals surface area contributed by atoms with Crippen LogP contribution in [-0.4, -0.2) is 34.6 Å². The maximum absolute atomic E-state index is 11.6. The van der Waals surface area contributed by atoms with Crippen molar-refractivity contribution in [1.82, 2.24) is 9.78 Å². The van der Waals surface area contributed by atoms with Crippen molar-refractivity contribution in [2.24, 2.45) is 5.73 Å². The van der Waals surface area contributed by atoms with Crippen LogP contribution in [0.5, 0.6) is 5.75 Å². The van der Waals surface area contributed by atoms with E-state index in [2.05, 4.69) is 5.10 Å². The largest absolute Gasteiger partial charge is 0.492 e. The highest BCUT2D eigenvalue weighted by Gasteiger charge is 2.00. The standard InChI is InChI=1S/C11H19N3O3/c12-4-3-7-17-10-8-11(16)14(13-9-10)5-1-2-6-15/h8-9,15H,1-7,12H2. The molecular weight excluding hydrogens is 222 g/mol. The molecule has 0 aliphatic heterocycles. The molecule has 0 radical (unpaired) electrons. The molecule has 0 spiro atoms. The van der Waals surface area contributed by atoms with Crippen molar-refractivity contribution in [2.75, 3.05) is 19.8 Å². The fourth-order valence-electron chi connectivity index (χ4n) is 1.31. The van der Waals surface area contributed by atoms with Gasteiger partial charge >= 0.3 is 0 Å². The molecule has 0 unspecified atom stereocenters. The third kappa shape index (κ3) is 4.97. The molecule has 0 fully saturated rings. The van der Waals surface area contributed by atoms with Crippen molar-refractivity contribution in [2.45, 2.75) is 25.8 Å². The van der Waals surface area contributed by atoms with Gasteiger partial charge in [-0.05, 0) is 25.8 Å². The van der Waals surface area contributed by atoms with E-state index in [1.807, 2.05) is 0 Å². The number of unbranched alkanes of at least 4 members (excludes halogenated alkanes) is 1. The molecular formula is C11H19N3O3. The van der Waals surface area contributed by atoms with Gasteiger partial charge in [-0.2, -0.15) is 5.10 Å². The Morgan fingerprint density at radius 2 is 2.24 bits per heavy atom. The molecule has 0 aromatic carbocycles. The van der Waals surface area contributed by atoms with Gasteiger partial charge in [0.05, 0.1) is 12.8 Å². The lowest BCUT2D eigenvalue weighted by atomic mass is 10.3. The van der Waals surface area contributed by atoms with Crippen LogP contribution in [0.3, 0.4) is 0 Å². The zero-order valence-electron chi connectivity index (χ0n) is 9.84. The van der Waals surface area contributed by atoms with E-state index in [9.17, 15) is 4.79 Å². The SMILES string of the molecule is NCCCOc1cnn(CCCCO)c(=O)c1. The second-order valence-electron chi connectivity index (χ2n) is 3.67. The lowest BCUT2D eigenvalue weighted by Gasteiger charge is -2.06. The van der Waals surface area contributed by atoms with Gasteiger partial charge in [0, 0.05) is 19.2 Å². The van der Waals surface area contributed by atoms with E-state index >= 15 is 0 Å². The van der Waals surface area contributed by atoms with Crippen LogP contribution >= 0.6 is 0 Å². The molecule has 0 saturated heterocycles. The number of hydrogen-bond donors (Lipinski definition) is 2. The van der Waals surface area contributed by atoms with Crippen LogP contribution in [0.4, 0.5) is 0 Å². The Hall–Kier alpha value is -1.40. The molecule has 0 amide bonds. The van der Waals surface area contributed by atoms with Gasteiger partial charge < -0.3 is 15.6 Å². The summed E-state index contributed by atoms with van der Waals surface area (Å²) in [4.78, 5) is 11.6. The molecule has 1 heterocycles. The molecule has 0 bridgehead atoms. The molecule has 6 heteroatoms. The number of nitrogens with zero attached hydrogens (tertiary/aromatic N) is 2. The third-order valence-electron chi connectivity index (χ3n) is 2.24. The summed E-state index contributed by atoms with van der Waals surface area (Å²) in [5.41, 5.74) is 5.15. The lowest BCUT2D eigenvalue weighted by molar-refractivity contribution is 0.278. The summed E-state index contributed by atoms with van der Waals surface area (Å²) in [6, 6.07) is 1.42. The van der Waals surface area contributed by atoms with Crippen LogP contribution in [0, 0.1) is 0 Å². The van der Waals surface area contributed by atoms with Crippen molar-refractivity contribution in [3.63, 3.8) is 0 Å². The summed E-state index contributed by atoms with van der Waals surface area (Å²) < 4.78 is 6.68. The zero-order valence-corrected chi connectivity index (χ0v) is 9.84. The van der Waals surface area contributed by atoms with E-state index in [1.165, 1.54) is 16.9 Å². The number of nitrogens with two attached hydrogens (primary N) is 1. The quantitative estimate of drug-likeness (QED) is 0.612. The van der Waals surface area contributed by atoms with E-state index < -0.39 is 0 Å². The predicted molar refractivity (Wildman–Crippen MR) is 64.0 cm³/mol. The number of ether oxygens (including phenoxy) is 1. The Kier molecular flexibility index (Phi) is 6.27. The maximum atomic E-state index is 11.6. The average Bonchev–Trinajstić information content (AvgIpc) is 2.32. The van der Waals surface area contributed by atoms with Crippen LogP contribution in [0.15, 0.2) is 17.1 Å². The monoisotopic (exact) mass is 241 g/mol. The molecule has 1 rings (SSSR count). The number of aliphatic hydroxyl groups excluding tert-OH is 1. The molecule has 6 nitrogen and oxygen atoms in total. The molecule has 0 atom stereocenters. The fourth-order valence-corrected chi connectivity index (χ4v) is 1.31. The van der Waals surface area contributed by atoms with Gasteiger partial charge in [0.15, 0.2) is 0 Å². The Morgan fingerprint density at radius 3 is 2.88 bits per heavy atom. The van der Waals surface area contributed by atoms with Crippen molar-refractivity contribution < 1.29 is 9.84 Å². The second-order valence-corrected chi connectivity index (χ2v) is 3.67. The number of aromatic nitrogens is 2. The molecule has 0 aliphatic rings. The number of rotatable bonds is 8. The number of aryl methyl sites for hydroxylation is 1. The van der Waals surface area contributed by atoms with E-state index in [1.54, 1.807) is 0 Å². The zero-order chi connectivity index (χ0) is 12.5. The number of hydrogen-bond acceptors (Lipinski definition) is 5. The van der Waals surface area contributed by atoms with Gasteiger partial charge in [0.2, 0.25) is 0 Å². The minimum absolute atomic E-state index is 0.134. The molecule has 1 aromatic rings. The van der Waals surface area contributed by atoms with Gasteiger partial charge in [-0.25, -0.2) is 4.68 Å². The fraction of sp³-hybridized carbons (Fsp3) is 0.636. The van der Waals surface area contributed by atoms with Crippen LogP contribution in [-0.2, 0) is 6.54 Å². The minimum atomic E-state index is -0.187. The van der Waals surface area contributed by atoms with E-state index in [0.29, 0.717) is 31.9 Å². The molecule has 17 heavy (non-hydrogen) atoms. The van der Waals surface area contributed by atoms with E-state index in [-0.39, 0.29) is 12.2 Å². The van der Waals surface area contributed by atoms with Gasteiger partial charge in [-0.15, -0.1) is 0 Å². The van der Waals surface area contributed by atoms with E-state index in [4.69, 9.17) is 15.6 Å². The van der Waals surface area contributed by atoms with Crippen LogP contribution in [0.1, 0.15) is 19.3 Å². The summed E-state index contributed by atoms with van der Waals surface area (Å²) >= 11 is 0. The topological polar surface area (TPSA) is 90.4 Å². The van der Waals surface area contributed by atoms with Crippen molar-refractivity contribution in [1.29, 1.82) is 0 Å². The van der Waals surface area contributed by atoms with Crippen molar-refractivity contribution in [3.05, 3.63) is 22.6 Å². The molecule has 96 valence electrons. The molecule has 1 aromatic heterocycles. The van der Waals surface area contributed by atoms with Crippen molar-refractivity contribution in [3.8, 4) is 5.75 Å². The van der Waals surface area contributed by atoms with Crippen LogP contribution in [0.2, 0.25) is 0 Å². The van der Waals surface area contributed by atoms with Crippen LogP contribution in [0.25, 0.3) is 0 Å². The normalized spacial score (nSPS) is 10.5. The average molecular weight is 241 g/mol. The first-order valence-corrected chi connectivity index (χ1v) is 5.79. The summed E-state index contributed by atoms with van der Waals surface area (Å²) in [5.74, 6) is 0.474. The Balaban J connectivity index is 2.50. The summed E-state index contributed by atoms with van der Waals surface area (Å²) in [6.07, 6.45) is 3.68. The molecule has 0 saturated carbocycles. The number of aliphatic hydroxyl groups is 1.